The van der Waals surface area contributed by atoms with Crippen LogP contribution in [0.5, 0.6) is 0 Å². The van der Waals surface area contributed by atoms with Crippen molar-refractivity contribution in [1.29, 1.82) is 0 Å². The highest BCUT2D eigenvalue weighted by molar-refractivity contribution is 5.91. The molecule has 0 fully saturated rings. The van der Waals surface area contributed by atoms with Gasteiger partial charge in [0.15, 0.2) is 0 Å². The van der Waals surface area contributed by atoms with E-state index in [2.05, 4.69) is 32.3 Å². The Kier molecular flexibility index (Phi) is 6.21. The summed E-state index contributed by atoms with van der Waals surface area (Å²) in [6, 6.07) is 0.557. The Labute approximate surface area is 87.0 Å². The molecule has 0 aromatic heterocycles. The highest BCUT2D eigenvalue weighted by Gasteiger charge is 2.07. The Morgan fingerprint density at radius 1 is 1.50 bits per heavy atom. The van der Waals surface area contributed by atoms with Crippen LogP contribution in [0.25, 0.3) is 0 Å². The van der Waals surface area contributed by atoms with Crippen LogP contribution in [0, 0.1) is 0 Å². The topological polar surface area (TPSA) is 46.3 Å². The van der Waals surface area contributed by atoms with Gasteiger partial charge in [0.2, 0.25) is 5.91 Å². The molecule has 82 valence electrons. The van der Waals surface area contributed by atoms with Gasteiger partial charge in [0.05, 0.1) is 0 Å². The van der Waals surface area contributed by atoms with E-state index in [9.17, 15) is 4.79 Å². The molecule has 0 radical (unpaired) electrons. The molecule has 3 nitrogen and oxygen atoms in total. The zero-order valence-corrected chi connectivity index (χ0v) is 9.55. The van der Waals surface area contributed by atoms with Crippen molar-refractivity contribution in [3.8, 4) is 0 Å². The third-order valence-corrected chi connectivity index (χ3v) is 2.41. The Hall–Kier alpha value is -0.830. The van der Waals surface area contributed by atoms with Gasteiger partial charge in [-0.25, -0.2) is 0 Å². The Bertz CT molecular complexity index is 199. The molecule has 0 bridgehead atoms. The number of hydrogen-bond acceptors (Lipinski definition) is 2. The number of amides is 1. The second kappa shape index (κ2) is 6.60. The SMILES string of the molecule is C=C(CCCN(CC)C(C)C)C(N)=O. The molecule has 0 aromatic carbocycles. The first-order chi connectivity index (χ1) is 6.49. The van der Waals surface area contributed by atoms with Crippen LogP contribution < -0.4 is 5.73 Å². The first kappa shape index (κ1) is 13.2. The predicted octanol–water partition coefficient (Wildman–Crippen LogP) is 1.54. The van der Waals surface area contributed by atoms with E-state index in [1.54, 1.807) is 0 Å². The minimum absolute atomic E-state index is 0.377. The number of hydrogen-bond donors (Lipinski definition) is 1. The van der Waals surface area contributed by atoms with E-state index in [4.69, 9.17) is 5.73 Å². The van der Waals surface area contributed by atoms with E-state index in [-0.39, 0.29) is 5.91 Å². The molecule has 0 unspecified atom stereocenters. The zero-order valence-electron chi connectivity index (χ0n) is 9.55. The summed E-state index contributed by atoms with van der Waals surface area (Å²) in [6.45, 7) is 12.2. The molecular formula is C11H22N2O. The van der Waals surface area contributed by atoms with Crippen molar-refractivity contribution < 1.29 is 4.79 Å². The minimum atomic E-state index is -0.377. The fourth-order valence-electron chi connectivity index (χ4n) is 1.40. The summed E-state index contributed by atoms with van der Waals surface area (Å²) in [4.78, 5) is 13.0. The summed E-state index contributed by atoms with van der Waals surface area (Å²) in [6.07, 6.45) is 1.66. The maximum absolute atomic E-state index is 10.7. The molecule has 0 spiro atoms. The van der Waals surface area contributed by atoms with Gasteiger partial charge in [-0.1, -0.05) is 13.5 Å². The number of primary amides is 1. The van der Waals surface area contributed by atoms with Crippen LogP contribution in [0.4, 0.5) is 0 Å². The van der Waals surface area contributed by atoms with Gasteiger partial charge in [0.1, 0.15) is 0 Å². The second-order valence-electron chi connectivity index (χ2n) is 3.79. The molecule has 2 N–H and O–H groups in total. The smallest absolute Gasteiger partial charge is 0.244 e. The van der Waals surface area contributed by atoms with Crippen molar-refractivity contribution in [2.45, 2.75) is 39.7 Å². The molecule has 3 heteroatoms. The summed E-state index contributed by atoms with van der Waals surface area (Å²) in [7, 11) is 0. The number of carbonyl (C=O) groups is 1. The summed E-state index contributed by atoms with van der Waals surface area (Å²) in [5.41, 5.74) is 5.63. The minimum Gasteiger partial charge on any atom is -0.366 e. The number of nitrogens with two attached hydrogens (primary N) is 1. The van der Waals surface area contributed by atoms with E-state index >= 15 is 0 Å². The van der Waals surface area contributed by atoms with Crippen LogP contribution in [0.1, 0.15) is 33.6 Å². The van der Waals surface area contributed by atoms with Gasteiger partial charge in [-0.2, -0.15) is 0 Å². The predicted molar refractivity (Wildman–Crippen MR) is 60.0 cm³/mol. The number of rotatable bonds is 7. The normalized spacial score (nSPS) is 10.9. The van der Waals surface area contributed by atoms with Gasteiger partial charge in [-0.05, 0) is 39.8 Å². The van der Waals surface area contributed by atoms with Crippen LogP contribution in [-0.2, 0) is 4.79 Å². The zero-order chi connectivity index (χ0) is 11.1. The molecule has 0 rings (SSSR count). The summed E-state index contributed by atoms with van der Waals surface area (Å²) in [5, 5.41) is 0. The molecule has 14 heavy (non-hydrogen) atoms. The lowest BCUT2D eigenvalue weighted by molar-refractivity contribution is -0.114. The molecule has 0 aromatic rings. The first-order valence-corrected chi connectivity index (χ1v) is 5.20. The van der Waals surface area contributed by atoms with Gasteiger partial charge < -0.3 is 10.6 Å². The highest BCUT2D eigenvalue weighted by Crippen LogP contribution is 2.05. The molecule has 0 aliphatic heterocycles. The molecule has 0 saturated heterocycles. The molecule has 0 aliphatic carbocycles. The number of carbonyl (C=O) groups excluding carboxylic acids is 1. The summed E-state index contributed by atoms with van der Waals surface area (Å²) >= 11 is 0. The molecule has 0 saturated carbocycles. The van der Waals surface area contributed by atoms with Gasteiger partial charge in [0, 0.05) is 11.6 Å². The highest BCUT2D eigenvalue weighted by atomic mass is 16.1. The monoisotopic (exact) mass is 198 g/mol. The Morgan fingerprint density at radius 3 is 2.43 bits per heavy atom. The van der Waals surface area contributed by atoms with Crippen molar-refractivity contribution in [3.05, 3.63) is 12.2 Å². The molecule has 0 atom stereocenters. The van der Waals surface area contributed by atoms with Crippen molar-refractivity contribution >= 4 is 5.91 Å². The van der Waals surface area contributed by atoms with Gasteiger partial charge in [0.25, 0.3) is 0 Å². The standard InChI is InChI=1S/C11H22N2O/c1-5-13(9(2)3)8-6-7-10(4)11(12)14/h9H,4-8H2,1-3H3,(H2,12,14). The van der Waals surface area contributed by atoms with E-state index < -0.39 is 0 Å². The molecule has 0 aliphatic rings. The first-order valence-electron chi connectivity index (χ1n) is 5.20. The Morgan fingerprint density at radius 2 is 2.07 bits per heavy atom. The molecule has 1 amide bonds. The lowest BCUT2D eigenvalue weighted by Crippen LogP contribution is -2.31. The van der Waals surface area contributed by atoms with Crippen molar-refractivity contribution in [2.75, 3.05) is 13.1 Å². The average Bonchev–Trinajstić information content (AvgIpc) is 2.11. The van der Waals surface area contributed by atoms with Gasteiger partial charge in [-0.3, -0.25) is 4.79 Å². The van der Waals surface area contributed by atoms with E-state index in [0.29, 0.717) is 18.0 Å². The molecular weight excluding hydrogens is 176 g/mol. The van der Waals surface area contributed by atoms with E-state index in [1.807, 2.05) is 0 Å². The van der Waals surface area contributed by atoms with Gasteiger partial charge >= 0.3 is 0 Å². The van der Waals surface area contributed by atoms with Gasteiger partial charge in [-0.15, -0.1) is 0 Å². The maximum atomic E-state index is 10.7. The van der Waals surface area contributed by atoms with Crippen LogP contribution in [0.3, 0.4) is 0 Å². The molecule has 0 heterocycles. The Balaban J connectivity index is 3.72. The van der Waals surface area contributed by atoms with Crippen molar-refractivity contribution in [3.63, 3.8) is 0 Å². The fourth-order valence-corrected chi connectivity index (χ4v) is 1.40. The largest absolute Gasteiger partial charge is 0.366 e. The van der Waals surface area contributed by atoms with Crippen LogP contribution in [0.15, 0.2) is 12.2 Å². The lowest BCUT2D eigenvalue weighted by atomic mass is 10.1. The lowest BCUT2D eigenvalue weighted by Gasteiger charge is -2.24. The average molecular weight is 198 g/mol. The van der Waals surface area contributed by atoms with E-state index in [0.717, 1.165) is 19.5 Å². The summed E-state index contributed by atoms with van der Waals surface area (Å²) < 4.78 is 0. The van der Waals surface area contributed by atoms with Crippen molar-refractivity contribution in [2.24, 2.45) is 5.73 Å². The number of nitrogens with zero attached hydrogens (tertiary/aromatic N) is 1. The summed E-state index contributed by atoms with van der Waals surface area (Å²) in [5.74, 6) is -0.377. The van der Waals surface area contributed by atoms with Crippen molar-refractivity contribution in [1.82, 2.24) is 4.90 Å². The quantitative estimate of drug-likeness (QED) is 0.631. The third kappa shape index (κ3) is 5.02. The van der Waals surface area contributed by atoms with Crippen LogP contribution >= 0.6 is 0 Å². The van der Waals surface area contributed by atoms with E-state index in [1.165, 1.54) is 0 Å². The van der Waals surface area contributed by atoms with Crippen LogP contribution in [0.2, 0.25) is 0 Å². The fraction of sp³-hybridized carbons (Fsp3) is 0.727. The van der Waals surface area contributed by atoms with Crippen LogP contribution in [-0.4, -0.2) is 29.9 Å². The maximum Gasteiger partial charge on any atom is 0.244 e. The second-order valence-corrected chi connectivity index (χ2v) is 3.79. The third-order valence-electron chi connectivity index (χ3n) is 2.41.